The average molecular weight is 308 g/mol. The zero-order valence-electron chi connectivity index (χ0n) is 13.6. The highest BCUT2D eigenvalue weighted by Gasteiger charge is 2.17. The van der Waals surface area contributed by atoms with Crippen LogP contribution in [0.1, 0.15) is 56.7 Å². The molecule has 0 radical (unpaired) electrons. The van der Waals surface area contributed by atoms with Gasteiger partial charge >= 0.3 is 0 Å². The van der Waals surface area contributed by atoms with Crippen LogP contribution in [0.5, 0.6) is 0 Å². The van der Waals surface area contributed by atoms with Crippen LogP contribution in [0.15, 0.2) is 24.3 Å². The van der Waals surface area contributed by atoms with Gasteiger partial charge in [0, 0.05) is 30.3 Å². The minimum atomic E-state index is 0.462. The van der Waals surface area contributed by atoms with Crippen molar-refractivity contribution >= 4 is 11.8 Å². The van der Waals surface area contributed by atoms with Crippen LogP contribution in [0.2, 0.25) is 0 Å². The quantitative estimate of drug-likeness (QED) is 0.808. The van der Waals surface area contributed by atoms with Gasteiger partial charge in [-0.05, 0) is 36.4 Å². The Labute approximate surface area is 134 Å². The summed E-state index contributed by atoms with van der Waals surface area (Å²) in [5.74, 6) is 1.76. The van der Waals surface area contributed by atoms with Gasteiger partial charge in [-0.1, -0.05) is 45.0 Å². The van der Waals surface area contributed by atoms with Crippen molar-refractivity contribution in [2.75, 3.05) is 25.5 Å². The molecule has 0 bridgehead atoms. The van der Waals surface area contributed by atoms with E-state index in [4.69, 9.17) is 4.74 Å². The highest BCUT2D eigenvalue weighted by molar-refractivity contribution is 7.99. The van der Waals surface area contributed by atoms with Crippen molar-refractivity contribution in [1.82, 2.24) is 5.32 Å². The predicted octanol–water partition coefficient (Wildman–Crippen LogP) is 4.37. The topological polar surface area (TPSA) is 21.3 Å². The van der Waals surface area contributed by atoms with E-state index in [-0.39, 0.29) is 0 Å². The molecule has 0 aromatic heterocycles. The summed E-state index contributed by atoms with van der Waals surface area (Å²) >= 11 is 2.11. The molecular weight excluding hydrogens is 278 g/mol. The molecule has 1 heterocycles. The number of nitrogens with one attached hydrogen (secondary N) is 1. The highest BCUT2D eigenvalue weighted by Crippen LogP contribution is 2.27. The van der Waals surface area contributed by atoms with Crippen LogP contribution in [0.3, 0.4) is 0 Å². The Morgan fingerprint density at radius 3 is 2.33 bits per heavy atom. The summed E-state index contributed by atoms with van der Waals surface area (Å²) in [6.07, 6.45) is 2.41. The van der Waals surface area contributed by atoms with E-state index in [2.05, 4.69) is 62.1 Å². The third kappa shape index (κ3) is 5.32. The fourth-order valence-electron chi connectivity index (χ4n) is 2.71. The molecule has 1 unspecified atom stereocenters. The molecule has 1 saturated heterocycles. The zero-order chi connectivity index (χ0) is 15.1. The fourth-order valence-corrected chi connectivity index (χ4v) is 4.01. The molecule has 0 amide bonds. The smallest absolute Gasteiger partial charge is 0.0476 e. The zero-order valence-corrected chi connectivity index (χ0v) is 14.4. The number of hydrogen-bond donors (Lipinski definition) is 1. The predicted molar refractivity (Wildman–Crippen MR) is 93.2 cm³/mol. The number of rotatable bonds is 7. The Balaban J connectivity index is 1.93. The first-order valence-electron chi connectivity index (χ1n) is 8.23. The van der Waals surface area contributed by atoms with E-state index in [0.29, 0.717) is 12.0 Å². The molecule has 1 N–H and O–H groups in total. The summed E-state index contributed by atoms with van der Waals surface area (Å²) in [4.78, 5) is 0. The molecule has 0 saturated carbocycles. The van der Waals surface area contributed by atoms with Crippen molar-refractivity contribution in [3.63, 3.8) is 0 Å². The number of benzene rings is 1. The molecule has 1 atom stereocenters. The molecule has 0 spiro atoms. The van der Waals surface area contributed by atoms with Crippen LogP contribution in [-0.4, -0.2) is 30.8 Å². The summed E-state index contributed by atoms with van der Waals surface area (Å²) < 4.78 is 5.45. The second-order valence-corrected chi connectivity index (χ2v) is 7.41. The van der Waals surface area contributed by atoms with Gasteiger partial charge in [-0.3, -0.25) is 0 Å². The van der Waals surface area contributed by atoms with E-state index in [0.717, 1.165) is 30.8 Å². The van der Waals surface area contributed by atoms with Gasteiger partial charge < -0.3 is 10.1 Å². The second-order valence-electron chi connectivity index (χ2n) is 6.08. The van der Waals surface area contributed by atoms with Gasteiger partial charge in [0.05, 0.1) is 0 Å². The largest absolute Gasteiger partial charge is 0.381 e. The molecule has 2 rings (SSSR count). The summed E-state index contributed by atoms with van der Waals surface area (Å²) in [5, 5.41) is 4.41. The van der Waals surface area contributed by atoms with E-state index in [1.807, 2.05) is 0 Å². The van der Waals surface area contributed by atoms with Crippen LogP contribution in [-0.2, 0) is 4.74 Å². The van der Waals surface area contributed by atoms with Crippen molar-refractivity contribution in [3.8, 4) is 0 Å². The number of thioether (sulfide) groups is 1. The molecular formula is C18H29NOS. The first-order chi connectivity index (χ1) is 10.2. The van der Waals surface area contributed by atoms with Gasteiger partial charge in [0.25, 0.3) is 0 Å². The summed E-state index contributed by atoms with van der Waals surface area (Å²) in [6, 6.07) is 9.62. The van der Waals surface area contributed by atoms with Gasteiger partial charge in [0.15, 0.2) is 0 Å². The lowest BCUT2D eigenvalue weighted by atomic mass is 9.99. The Bertz CT molecular complexity index is 398. The van der Waals surface area contributed by atoms with Crippen LogP contribution in [0.4, 0.5) is 0 Å². The molecule has 0 aliphatic carbocycles. The van der Waals surface area contributed by atoms with Gasteiger partial charge in [-0.2, -0.15) is 11.8 Å². The SMILES string of the molecule is CCNC(CSC1CCOCC1)c1ccc(C(C)C)cc1. The molecule has 1 aromatic carbocycles. The van der Waals surface area contributed by atoms with Crippen LogP contribution in [0.25, 0.3) is 0 Å². The lowest BCUT2D eigenvalue weighted by Crippen LogP contribution is -2.25. The standard InChI is InChI=1S/C18H29NOS/c1-4-19-18(13-21-17-9-11-20-12-10-17)16-7-5-15(6-8-16)14(2)3/h5-8,14,17-19H,4,9-13H2,1-3H3. The van der Waals surface area contributed by atoms with Crippen LogP contribution < -0.4 is 5.32 Å². The molecule has 1 aliphatic rings. The number of ether oxygens (including phenoxy) is 1. The number of hydrogen-bond acceptors (Lipinski definition) is 3. The molecule has 1 aromatic rings. The van der Waals surface area contributed by atoms with Crippen LogP contribution >= 0.6 is 11.8 Å². The third-order valence-corrected chi connectivity index (χ3v) is 5.59. The molecule has 2 nitrogen and oxygen atoms in total. The lowest BCUT2D eigenvalue weighted by molar-refractivity contribution is 0.1000. The van der Waals surface area contributed by atoms with E-state index < -0.39 is 0 Å². The van der Waals surface area contributed by atoms with E-state index in [9.17, 15) is 0 Å². The average Bonchev–Trinajstić information content (AvgIpc) is 2.52. The first kappa shape index (κ1) is 16.9. The Morgan fingerprint density at radius 2 is 1.76 bits per heavy atom. The third-order valence-electron chi connectivity index (χ3n) is 4.12. The molecule has 3 heteroatoms. The minimum Gasteiger partial charge on any atom is -0.381 e. The maximum absolute atomic E-state index is 5.45. The van der Waals surface area contributed by atoms with Gasteiger partial charge in [-0.25, -0.2) is 0 Å². The van der Waals surface area contributed by atoms with Crippen molar-refractivity contribution < 1.29 is 4.74 Å². The summed E-state index contributed by atoms with van der Waals surface area (Å²) in [7, 11) is 0. The van der Waals surface area contributed by atoms with E-state index >= 15 is 0 Å². The van der Waals surface area contributed by atoms with Crippen LogP contribution in [0, 0.1) is 0 Å². The maximum atomic E-state index is 5.45. The van der Waals surface area contributed by atoms with Crippen molar-refractivity contribution in [3.05, 3.63) is 35.4 Å². The molecule has 21 heavy (non-hydrogen) atoms. The fraction of sp³-hybridized carbons (Fsp3) is 0.667. The van der Waals surface area contributed by atoms with Crippen molar-refractivity contribution in [2.45, 2.75) is 50.8 Å². The monoisotopic (exact) mass is 307 g/mol. The van der Waals surface area contributed by atoms with Gasteiger partial charge in [0.1, 0.15) is 0 Å². The Hall–Kier alpha value is -0.510. The Kier molecular flexibility index (Phi) is 7.08. The first-order valence-corrected chi connectivity index (χ1v) is 9.28. The molecule has 1 fully saturated rings. The summed E-state index contributed by atoms with van der Waals surface area (Å²) in [5.41, 5.74) is 2.84. The van der Waals surface area contributed by atoms with E-state index in [1.165, 1.54) is 24.0 Å². The lowest BCUT2D eigenvalue weighted by Gasteiger charge is -2.25. The highest BCUT2D eigenvalue weighted by atomic mass is 32.2. The van der Waals surface area contributed by atoms with Gasteiger partial charge in [-0.15, -0.1) is 0 Å². The molecule has 118 valence electrons. The maximum Gasteiger partial charge on any atom is 0.0476 e. The van der Waals surface area contributed by atoms with E-state index in [1.54, 1.807) is 0 Å². The minimum absolute atomic E-state index is 0.462. The summed E-state index contributed by atoms with van der Waals surface area (Å²) in [6.45, 7) is 9.58. The van der Waals surface area contributed by atoms with Crippen molar-refractivity contribution in [1.29, 1.82) is 0 Å². The molecule has 1 aliphatic heterocycles. The Morgan fingerprint density at radius 1 is 1.14 bits per heavy atom. The van der Waals surface area contributed by atoms with Crippen molar-refractivity contribution in [2.24, 2.45) is 0 Å². The normalized spacial score (nSPS) is 18.1. The second kappa shape index (κ2) is 8.82. The van der Waals surface area contributed by atoms with Gasteiger partial charge in [0.2, 0.25) is 0 Å².